The van der Waals surface area contributed by atoms with Crippen molar-refractivity contribution in [3.05, 3.63) is 83.7 Å². The number of nitrogens with zero attached hydrogens (tertiary/aromatic N) is 3. The third-order valence-corrected chi connectivity index (χ3v) is 4.47. The molecule has 27 heavy (non-hydrogen) atoms. The Kier molecular flexibility index (Phi) is 5.66. The summed E-state index contributed by atoms with van der Waals surface area (Å²) >= 11 is 0. The van der Waals surface area contributed by atoms with E-state index in [2.05, 4.69) is 10.3 Å². The zero-order valence-corrected chi connectivity index (χ0v) is 15.7. The summed E-state index contributed by atoms with van der Waals surface area (Å²) in [6.45, 7) is 2.54. The lowest BCUT2D eigenvalue weighted by atomic mass is 10.0. The van der Waals surface area contributed by atoms with Crippen molar-refractivity contribution < 1.29 is 9.18 Å². The minimum atomic E-state index is -0.594. The Morgan fingerprint density at radius 2 is 2.00 bits per heavy atom. The van der Waals surface area contributed by atoms with Gasteiger partial charge >= 0.3 is 0 Å². The number of hydrogen-bond donors (Lipinski definition) is 1. The van der Waals surface area contributed by atoms with Crippen molar-refractivity contribution in [2.75, 3.05) is 19.4 Å². The van der Waals surface area contributed by atoms with Crippen LogP contribution < -0.4 is 5.32 Å². The number of aryl methyl sites for hydroxylation is 1. The summed E-state index contributed by atoms with van der Waals surface area (Å²) in [5.41, 5.74) is 2.32. The zero-order chi connectivity index (χ0) is 19.4. The van der Waals surface area contributed by atoms with Crippen LogP contribution in [0.15, 0.2) is 60.9 Å². The number of aromatic nitrogens is 2. The largest absolute Gasteiger partial charge is 0.331 e. The number of amides is 1. The Bertz CT molecular complexity index is 935. The quantitative estimate of drug-likeness (QED) is 0.725. The Hall–Kier alpha value is -2.99. The third kappa shape index (κ3) is 4.41. The SMILES string of the molecule is Cc1nccn1Cc1ccccc1NC(=O)C(c1cccc(F)c1)N(C)C. The van der Waals surface area contributed by atoms with E-state index in [1.165, 1.54) is 12.1 Å². The van der Waals surface area contributed by atoms with Crippen LogP contribution in [-0.2, 0) is 11.3 Å². The molecule has 0 saturated carbocycles. The summed E-state index contributed by atoms with van der Waals surface area (Å²) in [7, 11) is 3.60. The van der Waals surface area contributed by atoms with Crippen molar-refractivity contribution in [2.24, 2.45) is 0 Å². The molecule has 1 atom stereocenters. The first kappa shape index (κ1) is 18.8. The molecule has 1 amide bonds. The molecule has 5 nitrogen and oxygen atoms in total. The van der Waals surface area contributed by atoms with Gasteiger partial charge in [-0.3, -0.25) is 9.69 Å². The molecule has 1 heterocycles. The number of carbonyl (C=O) groups excluding carboxylic acids is 1. The molecular weight excluding hydrogens is 343 g/mol. The minimum absolute atomic E-state index is 0.208. The highest BCUT2D eigenvalue weighted by Gasteiger charge is 2.24. The molecule has 0 aliphatic carbocycles. The number of likely N-dealkylation sites (N-methyl/N-ethyl adjacent to an activating group) is 1. The van der Waals surface area contributed by atoms with Gasteiger partial charge in [-0.15, -0.1) is 0 Å². The molecule has 1 unspecified atom stereocenters. The number of para-hydroxylation sites is 1. The topological polar surface area (TPSA) is 50.2 Å². The van der Waals surface area contributed by atoms with Gasteiger partial charge in [0.1, 0.15) is 17.7 Å². The monoisotopic (exact) mass is 366 g/mol. The highest BCUT2D eigenvalue weighted by Crippen LogP contribution is 2.23. The third-order valence-electron chi connectivity index (χ3n) is 4.47. The minimum Gasteiger partial charge on any atom is -0.331 e. The van der Waals surface area contributed by atoms with Crippen molar-refractivity contribution in [3.8, 4) is 0 Å². The summed E-state index contributed by atoms with van der Waals surface area (Å²) < 4.78 is 15.7. The van der Waals surface area contributed by atoms with Crippen LogP contribution in [0.2, 0.25) is 0 Å². The van der Waals surface area contributed by atoms with Crippen molar-refractivity contribution in [1.29, 1.82) is 0 Å². The molecule has 0 spiro atoms. The van der Waals surface area contributed by atoms with Gasteiger partial charge in [-0.05, 0) is 50.3 Å². The maximum Gasteiger partial charge on any atom is 0.246 e. The number of imidazole rings is 1. The lowest BCUT2D eigenvalue weighted by molar-refractivity contribution is -0.120. The number of carbonyl (C=O) groups is 1. The molecule has 0 saturated heterocycles. The molecule has 3 rings (SSSR count). The maximum absolute atomic E-state index is 13.6. The van der Waals surface area contributed by atoms with Crippen molar-refractivity contribution >= 4 is 11.6 Å². The second kappa shape index (κ2) is 8.14. The normalized spacial score (nSPS) is 12.2. The number of benzene rings is 2. The standard InChI is InChI=1S/C21H23FN4O/c1-15-23-11-12-26(15)14-17-7-4-5-10-19(17)24-21(27)20(25(2)3)16-8-6-9-18(22)13-16/h4-13,20H,14H2,1-3H3,(H,24,27). The number of anilines is 1. The molecule has 1 N–H and O–H groups in total. The average molecular weight is 366 g/mol. The van der Waals surface area contributed by atoms with Gasteiger partial charge in [-0.25, -0.2) is 9.37 Å². The van der Waals surface area contributed by atoms with Crippen LogP contribution in [0.4, 0.5) is 10.1 Å². The highest BCUT2D eigenvalue weighted by atomic mass is 19.1. The molecule has 0 fully saturated rings. The predicted octanol–water partition coefficient (Wildman–Crippen LogP) is 3.62. The molecule has 1 aromatic heterocycles. The number of hydrogen-bond acceptors (Lipinski definition) is 3. The van der Waals surface area contributed by atoms with Crippen molar-refractivity contribution in [1.82, 2.24) is 14.5 Å². The summed E-state index contributed by atoms with van der Waals surface area (Å²) in [6.07, 6.45) is 3.66. The van der Waals surface area contributed by atoms with E-state index in [1.54, 1.807) is 37.3 Å². The molecule has 3 aromatic rings. The fourth-order valence-electron chi connectivity index (χ4n) is 3.10. The van der Waals surface area contributed by atoms with Gasteiger partial charge in [-0.1, -0.05) is 30.3 Å². The summed E-state index contributed by atoms with van der Waals surface area (Å²) in [6, 6.07) is 13.2. The second-order valence-corrected chi connectivity index (χ2v) is 6.67. The molecule has 0 bridgehead atoms. The van der Waals surface area contributed by atoms with E-state index < -0.39 is 6.04 Å². The Morgan fingerprint density at radius 3 is 2.67 bits per heavy atom. The van der Waals surface area contributed by atoms with E-state index in [9.17, 15) is 9.18 Å². The Balaban J connectivity index is 1.85. The number of rotatable bonds is 6. The van der Waals surface area contributed by atoms with Gasteiger partial charge in [0.2, 0.25) is 5.91 Å². The van der Waals surface area contributed by atoms with Crippen LogP contribution in [0.1, 0.15) is 23.0 Å². The predicted molar refractivity (Wildman–Crippen MR) is 104 cm³/mol. The first-order valence-electron chi connectivity index (χ1n) is 8.74. The molecule has 2 aromatic carbocycles. The fraction of sp³-hybridized carbons (Fsp3) is 0.238. The second-order valence-electron chi connectivity index (χ2n) is 6.67. The van der Waals surface area contributed by atoms with E-state index in [0.29, 0.717) is 12.1 Å². The first-order valence-corrected chi connectivity index (χ1v) is 8.74. The van der Waals surface area contributed by atoms with Gasteiger partial charge in [-0.2, -0.15) is 0 Å². The van der Waals surface area contributed by atoms with Crippen LogP contribution >= 0.6 is 0 Å². The van der Waals surface area contributed by atoms with Crippen molar-refractivity contribution in [2.45, 2.75) is 19.5 Å². The van der Waals surface area contributed by atoms with Gasteiger partial charge in [0.25, 0.3) is 0 Å². The van der Waals surface area contributed by atoms with Gasteiger partial charge in [0.15, 0.2) is 0 Å². The molecule has 0 aliphatic heterocycles. The maximum atomic E-state index is 13.6. The van der Waals surface area contributed by atoms with E-state index in [4.69, 9.17) is 0 Å². The van der Waals surface area contributed by atoms with Crippen molar-refractivity contribution in [3.63, 3.8) is 0 Å². The number of halogens is 1. The number of nitrogens with one attached hydrogen (secondary N) is 1. The molecule has 140 valence electrons. The highest BCUT2D eigenvalue weighted by molar-refractivity contribution is 5.96. The lowest BCUT2D eigenvalue weighted by Gasteiger charge is -2.24. The lowest BCUT2D eigenvalue weighted by Crippen LogP contribution is -2.32. The van der Waals surface area contributed by atoms with Crippen LogP contribution in [0, 0.1) is 12.7 Å². The van der Waals surface area contributed by atoms with Crippen LogP contribution in [0.3, 0.4) is 0 Å². The molecule has 6 heteroatoms. The van der Waals surface area contributed by atoms with E-state index in [-0.39, 0.29) is 11.7 Å². The average Bonchev–Trinajstić information content (AvgIpc) is 3.01. The summed E-state index contributed by atoms with van der Waals surface area (Å²) in [5.74, 6) is 0.339. The molecule has 0 aliphatic rings. The molecule has 0 radical (unpaired) electrons. The zero-order valence-electron chi connectivity index (χ0n) is 15.7. The van der Waals surface area contributed by atoms with Crippen LogP contribution in [0.25, 0.3) is 0 Å². The van der Waals surface area contributed by atoms with Gasteiger partial charge in [0, 0.05) is 18.1 Å². The van der Waals surface area contributed by atoms with Crippen LogP contribution in [0.5, 0.6) is 0 Å². The van der Waals surface area contributed by atoms with Crippen LogP contribution in [-0.4, -0.2) is 34.5 Å². The van der Waals surface area contributed by atoms with E-state index >= 15 is 0 Å². The van der Waals surface area contributed by atoms with Gasteiger partial charge < -0.3 is 9.88 Å². The summed E-state index contributed by atoms with van der Waals surface area (Å²) in [5, 5.41) is 3.01. The first-order chi connectivity index (χ1) is 13.0. The smallest absolute Gasteiger partial charge is 0.246 e. The van der Waals surface area contributed by atoms with Gasteiger partial charge in [0.05, 0.1) is 6.54 Å². The van der Waals surface area contributed by atoms with E-state index in [1.807, 2.05) is 42.0 Å². The Labute approximate surface area is 158 Å². The molecular formula is C21H23FN4O. The summed E-state index contributed by atoms with van der Waals surface area (Å²) in [4.78, 5) is 19.0. The Morgan fingerprint density at radius 1 is 1.22 bits per heavy atom. The van der Waals surface area contributed by atoms with E-state index in [0.717, 1.165) is 17.1 Å². The fourth-order valence-corrected chi connectivity index (χ4v) is 3.10.